The van der Waals surface area contributed by atoms with Crippen LogP contribution in [0.3, 0.4) is 0 Å². The number of benzene rings is 1. The third kappa shape index (κ3) is 4.36. The van der Waals surface area contributed by atoms with E-state index >= 15 is 0 Å². The minimum Gasteiger partial charge on any atom is -0.341 e. The Hall–Kier alpha value is -2.26. The van der Waals surface area contributed by atoms with Gasteiger partial charge in [0.2, 0.25) is 5.91 Å². The molecule has 27 heavy (non-hydrogen) atoms. The van der Waals surface area contributed by atoms with E-state index in [9.17, 15) is 18.4 Å². The van der Waals surface area contributed by atoms with E-state index in [0.29, 0.717) is 32.5 Å². The molecule has 2 saturated heterocycles. The highest BCUT2D eigenvalue weighted by Gasteiger charge is 2.35. The highest BCUT2D eigenvalue weighted by atomic mass is 19.1. The summed E-state index contributed by atoms with van der Waals surface area (Å²) in [4.78, 5) is 29.3. The first-order valence-corrected chi connectivity index (χ1v) is 9.47. The predicted molar refractivity (Wildman–Crippen MR) is 98.0 cm³/mol. The van der Waals surface area contributed by atoms with Crippen LogP contribution in [-0.2, 0) is 4.79 Å². The molecule has 1 amide bonds. The molecule has 0 spiro atoms. The molecule has 1 aromatic carbocycles. The van der Waals surface area contributed by atoms with Gasteiger partial charge in [0.25, 0.3) is 0 Å². The molecular formula is C21H24F2N2O2. The molecule has 0 N–H and O–H groups in total. The van der Waals surface area contributed by atoms with Gasteiger partial charge < -0.3 is 4.90 Å². The molecule has 1 aromatic rings. The van der Waals surface area contributed by atoms with Crippen molar-refractivity contribution >= 4 is 11.7 Å². The van der Waals surface area contributed by atoms with E-state index in [1.165, 1.54) is 0 Å². The van der Waals surface area contributed by atoms with Crippen molar-refractivity contribution in [1.82, 2.24) is 9.80 Å². The predicted octanol–water partition coefficient (Wildman–Crippen LogP) is 2.87. The lowest BCUT2D eigenvalue weighted by Gasteiger charge is -2.39. The Morgan fingerprint density at radius 3 is 2.56 bits per heavy atom. The Morgan fingerprint density at radius 1 is 1.11 bits per heavy atom. The fourth-order valence-electron chi connectivity index (χ4n) is 4.06. The van der Waals surface area contributed by atoms with Crippen molar-refractivity contribution in [2.75, 3.05) is 26.2 Å². The number of terminal acetylenes is 1. The van der Waals surface area contributed by atoms with E-state index in [0.717, 1.165) is 44.0 Å². The van der Waals surface area contributed by atoms with Crippen molar-refractivity contribution in [3.63, 3.8) is 0 Å². The molecule has 4 nitrogen and oxygen atoms in total. The number of hydrogen-bond acceptors (Lipinski definition) is 3. The second kappa shape index (κ2) is 8.62. The van der Waals surface area contributed by atoms with Crippen molar-refractivity contribution < 1.29 is 18.4 Å². The zero-order chi connectivity index (χ0) is 19.4. The van der Waals surface area contributed by atoms with Crippen LogP contribution in [0.2, 0.25) is 0 Å². The second-order valence-corrected chi connectivity index (χ2v) is 7.27. The standard InChI is InChI=1S/C21H24F2N2O2/c1-2-10-24-11-4-3-5-19(24)21(27)25-12-8-15(9-13-25)20(26)17-14-16(22)6-7-18(17)23/h1,6-7,14-15,19H,3-5,8-13H2. The number of nitrogens with zero attached hydrogens (tertiary/aromatic N) is 2. The smallest absolute Gasteiger partial charge is 0.239 e. The van der Waals surface area contributed by atoms with Crippen LogP contribution in [0.1, 0.15) is 42.5 Å². The number of ketones is 1. The molecule has 3 rings (SSSR count). The number of amides is 1. The molecular weight excluding hydrogens is 350 g/mol. The Labute approximate surface area is 158 Å². The van der Waals surface area contributed by atoms with Gasteiger partial charge in [-0.1, -0.05) is 12.3 Å². The first-order valence-electron chi connectivity index (χ1n) is 9.47. The second-order valence-electron chi connectivity index (χ2n) is 7.27. The van der Waals surface area contributed by atoms with Crippen LogP contribution in [0, 0.1) is 29.9 Å². The number of carbonyl (C=O) groups excluding carboxylic acids is 2. The van der Waals surface area contributed by atoms with E-state index in [-0.39, 0.29) is 23.3 Å². The summed E-state index contributed by atoms with van der Waals surface area (Å²) in [7, 11) is 0. The topological polar surface area (TPSA) is 40.6 Å². The molecule has 144 valence electrons. The molecule has 0 bridgehead atoms. The maximum Gasteiger partial charge on any atom is 0.239 e. The van der Waals surface area contributed by atoms with Crippen LogP contribution >= 0.6 is 0 Å². The van der Waals surface area contributed by atoms with Gasteiger partial charge in [0.15, 0.2) is 5.78 Å². The van der Waals surface area contributed by atoms with Crippen LogP contribution in [0.15, 0.2) is 18.2 Å². The Kier molecular flexibility index (Phi) is 6.22. The first-order chi connectivity index (χ1) is 13.0. The monoisotopic (exact) mass is 374 g/mol. The summed E-state index contributed by atoms with van der Waals surface area (Å²) in [6, 6.07) is 2.74. The normalized spacial score (nSPS) is 21.7. The Bertz CT molecular complexity index is 751. The number of halogens is 2. The summed E-state index contributed by atoms with van der Waals surface area (Å²) < 4.78 is 27.2. The molecule has 2 fully saturated rings. The minimum atomic E-state index is -0.702. The van der Waals surface area contributed by atoms with E-state index in [2.05, 4.69) is 5.92 Å². The average Bonchev–Trinajstić information content (AvgIpc) is 2.69. The van der Waals surface area contributed by atoms with Gasteiger partial charge in [0.05, 0.1) is 18.2 Å². The molecule has 0 saturated carbocycles. The van der Waals surface area contributed by atoms with E-state index < -0.39 is 17.6 Å². The molecule has 0 radical (unpaired) electrons. The van der Waals surface area contributed by atoms with Gasteiger partial charge >= 0.3 is 0 Å². The van der Waals surface area contributed by atoms with E-state index in [1.807, 2.05) is 4.90 Å². The summed E-state index contributed by atoms with van der Waals surface area (Å²) in [6.45, 7) is 2.19. The third-order valence-electron chi connectivity index (χ3n) is 5.56. The van der Waals surface area contributed by atoms with Crippen molar-refractivity contribution in [2.45, 2.75) is 38.1 Å². The summed E-state index contributed by atoms with van der Waals surface area (Å²) in [5.74, 6) is 0.580. The lowest BCUT2D eigenvalue weighted by atomic mass is 9.88. The van der Waals surface area contributed by atoms with Gasteiger partial charge in [0, 0.05) is 19.0 Å². The van der Waals surface area contributed by atoms with Gasteiger partial charge in [-0.3, -0.25) is 14.5 Å². The number of rotatable bonds is 4. The number of carbonyl (C=O) groups is 2. The Balaban J connectivity index is 1.61. The highest BCUT2D eigenvalue weighted by molar-refractivity contribution is 5.98. The average molecular weight is 374 g/mol. The summed E-state index contributed by atoms with van der Waals surface area (Å²) in [5.41, 5.74) is -0.202. The van der Waals surface area contributed by atoms with Gasteiger partial charge in [-0.15, -0.1) is 6.42 Å². The number of Topliss-reactive ketones (excluding diaryl/α,β-unsaturated/α-hetero) is 1. The van der Waals surface area contributed by atoms with Crippen LogP contribution < -0.4 is 0 Å². The minimum absolute atomic E-state index is 0.0628. The maximum absolute atomic E-state index is 13.9. The molecule has 2 heterocycles. The molecule has 0 aromatic heterocycles. The van der Waals surface area contributed by atoms with Gasteiger partial charge in [-0.05, 0) is 50.4 Å². The summed E-state index contributed by atoms with van der Waals surface area (Å²) >= 11 is 0. The zero-order valence-electron chi connectivity index (χ0n) is 15.3. The number of hydrogen-bond donors (Lipinski definition) is 0. The molecule has 0 aliphatic carbocycles. The van der Waals surface area contributed by atoms with Crippen LogP contribution in [0.5, 0.6) is 0 Å². The van der Waals surface area contributed by atoms with Crippen molar-refractivity contribution in [3.8, 4) is 12.3 Å². The van der Waals surface area contributed by atoms with Crippen LogP contribution in [0.25, 0.3) is 0 Å². The van der Waals surface area contributed by atoms with E-state index in [4.69, 9.17) is 6.42 Å². The van der Waals surface area contributed by atoms with Gasteiger partial charge in [-0.2, -0.15) is 0 Å². The summed E-state index contributed by atoms with van der Waals surface area (Å²) in [6.07, 6.45) is 9.19. The fraction of sp³-hybridized carbons (Fsp3) is 0.524. The molecule has 2 aliphatic heterocycles. The maximum atomic E-state index is 13.9. The van der Waals surface area contributed by atoms with Gasteiger partial charge in [-0.25, -0.2) is 8.78 Å². The zero-order valence-corrected chi connectivity index (χ0v) is 15.3. The molecule has 2 aliphatic rings. The van der Waals surface area contributed by atoms with Crippen LogP contribution in [0.4, 0.5) is 8.78 Å². The molecule has 6 heteroatoms. The summed E-state index contributed by atoms with van der Waals surface area (Å²) in [5, 5.41) is 0. The van der Waals surface area contributed by atoms with Crippen molar-refractivity contribution in [1.29, 1.82) is 0 Å². The lowest BCUT2D eigenvalue weighted by Crippen LogP contribution is -2.53. The van der Waals surface area contributed by atoms with Gasteiger partial charge in [0.1, 0.15) is 11.6 Å². The quantitative estimate of drug-likeness (QED) is 0.601. The van der Waals surface area contributed by atoms with E-state index in [1.54, 1.807) is 4.90 Å². The van der Waals surface area contributed by atoms with Crippen LogP contribution in [-0.4, -0.2) is 53.7 Å². The van der Waals surface area contributed by atoms with Crippen molar-refractivity contribution in [3.05, 3.63) is 35.4 Å². The Morgan fingerprint density at radius 2 is 1.85 bits per heavy atom. The molecule has 1 atom stereocenters. The third-order valence-corrected chi connectivity index (χ3v) is 5.56. The van der Waals surface area contributed by atoms with Crippen molar-refractivity contribution in [2.24, 2.45) is 5.92 Å². The molecule has 1 unspecified atom stereocenters. The first kappa shape index (κ1) is 19.5. The highest BCUT2D eigenvalue weighted by Crippen LogP contribution is 2.26. The number of likely N-dealkylation sites (tertiary alicyclic amines) is 2. The number of piperidine rings is 2. The largest absolute Gasteiger partial charge is 0.341 e. The SMILES string of the molecule is C#CCN1CCCCC1C(=O)N1CCC(C(=O)c2cc(F)ccc2F)CC1. The lowest BCUT2D eigenvalue weighted by molar-refractivity contribution is -0.139. The fourth-order valence-corrected chi connectivity index (χ4v) is 4.06.